The molecule has 0 aromatic heterocycles. The van der Waals surface area contributed by atoms with Crippen molar-refractivity contribution in [2.24, 2.45) is 5.92 Å². The highest BCUT2D eigenvalue weighted by atomic mass is 16.3. The molecule has 1 aliphatic rings. The van der Waals surface area contributed by atoms with Crippen molar-refractivity contribution in [3.05, 3.63) is 0 Å². The van der Waals surface area contributed by atoms with Crippen LogP contribution in [0.1, 0.15) is 52.4 Å². The average Bonchev–Trinajstić information content (AvgIpc) is 2.52. The summed E-state index contributed by atoms with van der Waals surface area (Å²) in [5.41, 5.74) is -0.964. The van der Waals surface area contributed by atoms with Gasteiger partial charge in [-0.2, -0.15) is 0 Å². The second-order valence-electron chi connectivity index (χ2n) is 4.29. The van der Waals surface area contributed by atoms with Crippen LogP contribution in [0.2, 0.25) is 0 Å². The lowest BCUT2D eigenvalue weighted by Gasteiger charge is -2.24. The minimum absolute atomic E-state index is 0.0353. The minimum atomic E-state index is -0.964. The first-order chi connectivity index (χ1) is 6.10. The summed E-state index contributed by atoms with van der Waals surface area (Å²) in [5, 5.41) is 10.0. The Balaban J connectivity index is 2.54. The van der Waals surface area contributed by atoms with Crippen molar-refractivity contribution in [2.75, 3.05) is 0 Å². The first-order valence-electron chi connectivity index (χ1n) is 5.37. The molecule has 2 nitrogen and oxygen atoms in total. The van der Waals surface area contributed by atoms with E-state index in [1.54, 1.807) is 0 Å². The largest absolute Gasteiger partial charge is 0.382 e. The van der Waals surface area contributed by atoms with Crippen molar-refractivity contribution in [1.82, 2.24) is 0 Å². The van der Waals surface area contributed by atoms with Crippen molar-refractivity contribution in [3.63, 3.8) is 0 Å². The normalized spacial score (nSPS) is 23.0. The second kappa shape index (κ2) is 4.23. The first kappa shape index (κ1) is 10.7. The van der Waals surface area contributed by atoms with Gasteiger partial charge in [0.15, 0.2) is 5.78 Å². The third-order valence-electron chi connectivity index (χ3n) is 3.06. The van der Waals surface area contributed by atoms with Crippen LogP contribution in [-0.2, 0) is 4.79 Å². The predicted molar refractivity (Wildman–Crippen MR) is 52.5 cm³/mol. The number of carbonyl (C=O) groups excluding carboxylic acids is 1. The number of aliphatic hydroxyl groups is 1. The molecule has 1 fully saturated rings. The van der Waals surface area contributed by atoms with E-state index < -0.39 is 5.60 Å². The van der Waals surface area contributed by atoms with Crippen LogP contribution in [0.5, 0.6) is 0 Å². The third-order valence-corrected chi connectivity index (χ3v) is 3.06. The fraction of sp³-hybridized carbons (Fsp3) is 0.909. The van der Waals surface area contributed by atoms with Crippen molar-refractivity contribution >= 4 is 5.78 Å². The van der Waals surface area contributed by atoms with Crippen molar-refractivity contribution in [3.8, 4) is 0 Å². The second-order valence-corrected chi connectivity index (χ2v) is 4.29. The molecule has 1 N–H and O–H groups in total. The summed E-state index contributed by atoms with van der Waals surface area (Å²) in [6, 6.07) is 0. The molecule has 1 saturated carbocycles. The van der Waals surface area contributed by atoms with Crippen molar-refractivity contribution in [1.29, 1.82) is 0 Å². The quantitative estimate of drug-likeness (QED) is 0.728. The van der Waals surface area contributed by atoms with Gasteiger partial charge >= 0.3 is 0 Å². The van der Waals surface area contributed by atoms with Crippen LogP contribution < -0.4 is 0 Å². The van der Waals surface area contributed by atoms with Gasteiger partial charge in [-0.1, -0.05) is 20.3 Å². The molecule has 1 aliphatic carbocycles. The van der Waals surface area contributed by atoms with Crippen molar-refractivity contribution < 1.29 is 9.90 Å². The number of rotatable bonds is 4. The molecule has 0 aromatic rings. The van der Waals surface area contributed by atoms with Crippen LogP contribution in [0.4, 0.5) is 0 Å². The molecule has 0 heterocycles. The molecule has 13 heavy (non-hydrogen) atoms. The van der Waals surface area contributed by atoms with Crippen LogP contribution in [-0.4, -0.2) is 16.5 Å². The molecule has 0 aliphatic heterocycles. The lowest BCUT2D eigenvalue weighted by Crippen LogP contribution is -2.39. The zero-order chi connectivity index (χ0) is 9.90. The predicted octanol–water partition coefficient (Wildman–Crippen LogP) is 2.30. The summed E-state index contributed by atoms with van der Waals surface area (Å²) in [4.78, 5) is 11.8. The van der Waals surface area contributed by atoms with E-state index >= 15 is 0 Å². The summed E-state index contributed by atoms with van der Waals surface area (Å²) in [6.45, 7) is 4.00. The molecule has 0 aromatic carbocycles. The maximum Gasteiger partial charge on any atom is 0.167 e. The lowest BCUT2D eigenvalue weighted by molar-refractivity contribution is -0.140. The highest BCUT2D eigenvalue weighted by molar-refractivity contribution is 5.89. The number of carbonyl (C=O) groups is 1. The highest BCUT2D eigenvalue weighted by Crippen LogP contribution is 2.33. The molecule has 0 bridgehead atoms. The molecule has 0 radical (unpaired) electrons. The topological polar surface area (TPSA) is 37.3 Å². The number of hydrogen-bond acceptors (Lipinski definition) is 2. The molecule has 0 amide bonds. The zero-order valence-electron chi connectivity index (χ0n) is 8.68. The number of Topliss-reactive ketones (excluding diaryl/α,β-unsaturated/α-hetero) is 1. The molecule has 1 atom stereocenters. The van der Waals surface area contributed by atoms with Gasteiger partial charge < -0.3 is 5.11 Å². The van der Waals surface area contributed by atoms with Crippen molar-refractivity contribution in [2.45, 2.75) is 58.0 Å². The van der Waals surface area contributed by atoms with Crippen LogP contribution in [0.15, 0.2) is 0 Å². The average molecular weight is 184 g/mol. The van der Waals surface area contributed by atoms with E-state index in [1.165, 1.54) is 0 Å². The van der Waals surface area contributed by atoms with E-state index in [-0.39, 0.29) is 11.7 Å². The summed E-state index contributed by atoms with van der Waals surface area (Å²) in [7, 11) is 0. The number of ketones is 1. The highest BCUT2D eigenvalue weighted by Gasteiger charge is 2.40. The molecule has 76 valence electrons. The van der Waals surface area contributed by atoms with Crippen LogP contribution in [0, 0.1) is 5.92 Å². The Kier molecular flexibility index (Phi) is 3.48. The standard InChI is InChI=1S/C11H20O2/c1-3-6-9(2)10(12)11(13)7-4-5-8-11/h9,13H,3-8H2,1-2H3. The van der Waals surface area contributed by atoms with Crippen LogP contribution >= 0.6 is 0 Å². The lowest BCUT2D eigenvalue weighted by atomic mass is 9.86. The van der Waals surface area contributed by atoms with Gasteiger partial charge in [0.2, 0.25) is 0 Å². The minimum Gasteiger partial charge on any atom is -0.382 e. The smallest absolute Gasteiger partial charge is 0.167 e. The first-order valence-corrected chi connectivity index (χ1v) is 5.37. The summed E-state index contributed by atoms with van der Waals surface area (Å²) in [6.07, 6.45) is 5.28. The monoisotopic (exact) mass is 184 g/mol. The fourth-order valence-electron chi connectivity index (χ4n) is 2.23. The van der Waals surface area contributed by atoms with Gasteiger partial charge in [-0.15, -0.1) is 0 Å². The molecule has 2 heteroatoms. The summed E-state index contributed by atoms with van der Waals surface area (Å²) < 4.78 is 0. The Morgan fingerprint density at radius 3 is 2.46 bits per heavy atom. The molecule has 0 spiro atoms. The maximum atomic E-state index is 11.8. The van der Waals surface area contributed by atoms with E-state index in [4.69, 9.17) is 0 Å². The summed E-state index contributed by atoms with van der Waals surface area (Å²) in [5.74, 6) is 0.111. The molecular formula is C11H20O2. The zero-order valence-corrected chi connectivity index (χ0v) is 8.68. The van der Waals surface area contributed by atoms with Gasteiger partial charge in [0.1, 0.15) is 5.60 Å². The third kappa shape index (κ3) is 2.31. The Morgan fingerprint density at radius 1 is 1.46 bits per heavy atom. The number of hydrogen-bond donors (Lipinski definition) is 1. The van der Waals surface area contributed by atoms with E-state index in [0.29, 0.717) is 12.8 Å². The van der Waals surface area contributed by atoms with Gasteiger partial charge in [-0.25, -0.2) is 0 Å². The Hall–Kier alpha value is -0.370. The molecule has 0 saturated heterocycles. The maximum absolute atomic E-state index is 11.8. The Labute approximate surface area is 80.3 Å². The van der Waals surface area contributed by atoms with Crippen LogP contribution in [0.3, 0.4) is 0 Å². The Bertz CT molecular complexity index is 181. The summed E-state index contributed by atoms with van der Waals surface area (Å²) >= 11 is 0. The molecular weight excluding hydrogens is 164 g/mol. The van der Waals surface area contributed by atoms with E-state index in [9.17, 15) is 9.90 Å². The molecule has 1 unspecified atom stereocenters. The SMILES string of the molecule is CCCC(C)C(=O)C1(O)CCCC1. The van der Waals surface area contributed by atoms with Gasteiger partial charge in [-0.3, -0.25) is 4.79 Å². The van der Waals surface area contributed by atoms with E-state index in [2.05, 4.69) is 6.92 Å². The van der Waals surface area contributed by atoms with Gasteiger partial charge in [0, 0.05) is 5.92 Å². The van der Waals surface area contributed by atoms with Gasteiger partial charge in [0.25, 0.3) is 0 Å². The van der Waals surface area contributed by atoms with E-state index in [0.717, 1.165) is 25.7 Å². The fourth-order valence-corrected chi connectivity index (χ4v) is 2.23. The van der Waals surface area contributed by atoms with E-state index in [1.807, 2.05) is 6.92 Å². The Morgan fingerprint density at radius 2 is 2.00 bits per heavy atom. The van der Waals surface area contributed by atoms with Gasteiger partial charge in [0.05, 0.1) is 0 Å². The van der Waals surface area contributed by atoms with Gasteiger partial charge in [-0.05, 0) is 32.1 Å². The molecule has 1 rings (SSSR count). The van der Waals surface area contributed by atoms with Crippen LogP contribution in [0.25, 0.3) is 0 Å².